The van der Waals surface area contributed by atoms with Gasteiger partial charge in [0.05, 0.1) is 12.7 Å². The molecule has 90 valence electrons. The number of ether oxygens (including phenoxy) is 1. The highest BCUT2D eigenvalue weighted by Gasteiger charge is 2.31. The fraction of sp³-hybridized carbons (Fsp3) is 1.00. The van der Waals surface area contributed by atoms with Crippen LogP contribution in [-0.4, -0.2) is 24.4 Å². The summed E-state index contributed by atoms with van der Waals surface area (Å²) in [6, 6.07) is 0. The van der Waals surface area contributed by atoms with E-state index < -0.39 is 0 Å². The zero-order valence-electron chi connectivity index (χ0n) is 10.2. The molecule has 0 bridgehead atoms. The van der Waals surface area contributed by atoms with E-state index in [0.29, 0.717) is 11.8 Å². The smallest absolute Gasteiger partial charge is 0.0837 e. The summed E-state index contributed by atoms with van der Waals surface area (Å²) in [5.74, 6) is 1.30. The second-order valence-corrected chi connectivity index (χ2v) is 4.87. The van der Waals surface area contributed by atoms with Crippen molar-refractivity contribution in [2.45, 2.75) is 58.5 Å². The highest BCUT2D eigenvalue weighted by molar-refractivity contribution is 4.79. The summed E-state index contributed by atoms with van der Waals surface area (Å²) in [5.41, 5.74) is 0. The number of aliphatic hydroxyl groups is 1. The minimum atomic E-state index is 0.117. The number of unbranched alkanes of at least 4 members (excludes halogenated alkanes) is 3. The molecule has 1 aliphatic heterocycles. The van der Waals surface area contributed by atoms with Crippen molar-refractivity contribution >= 4 is 0 Å². The summed E-state index contributed by atoms with van der Waals surface area (Å²) in [6.45, 7) is 5.60. The average molecular weight is 214 g/mol. The first-order valence-electron chi connectivity index (χ1n) is 6.52. The molecule has 0 radical (unpaired) electrons. The molecule has 2 nitrogen and oxygen atoms in total. The van der Waals surface area contributed by atoms with Gasteiger partial charge < -0.3 is 9.84 Å². The molecule has 0 saturated carbocycles. The van der Waals surface area contributed by atoms with Crippen LogP contribution in [0.1, 0.15) is 52.4 Å². The molecule has 1 heterocycles. The quantitative estimate of drug-likeness (QED) is 0.660. The summed E-state index contributed by atoms with van der Waals surface area (Å²) >= 11 is 0. The van der Waals surface area contributed by atoms with E-state index in [9.17, 15) is 0 Å². The molecule has 1 fully saturated rings. The normalized spacial score (nSPS) is 28.2. The van der Waals surface area contributed by atoms with Gasteiger partial charge in [0.1, 0.15) is 0 Å². The summed E-state index contributed by atoms with van der Waals surface area (Å²) in [4.78, 5) is 0. The number of aliphatic hydroxyl groups excluding tert-OH is 1. The van der Waals surface area contributed by atoms with Crippen molar-refractivity contribution < 1.29 is 9.84 Å². The molecular formula is C13H26O2. The first kappa shape index (κ1) is 13.0. The summed E-state index contributed by atoms with van der Waals surface area (Å²) in [5, 5.41) is 9.17. The van der Waals surface area contributed by atoms with Crippen molar-refractivity contribution in [3.8, 4) is 0 Å². The highest BCUT2D eigenvalue weighted by Crippen LogP contribution is 2.31. The van der Waals surface area contributed by atoms with E-state index >= 15 is 0 Å². The van der Waals surface area contributed by atoms with Gasteiger partial charge in [0.2, 0.25) is 0 Å². The van der Waals surface area contributed by atoms with E-state index in [2.05, 4.69) is 13.8 Å². The van der Waals surface area contributed by atoms with Crippen LogP contribution in [-0.2, 0) is 4.74 Å². The fourth-order valence-corrected chi connectivity index (χ4v) is 2.61. The van der Waals surface area contributed by atoms with Crippen LogP contribution in [0.2, 0.25) is 0 Å². The Morgan fingerprint density at radius 3 is 2.80 bits per heavy atom. The van der Waals surface area contributed by atoms with Gasteiger partial charge in [-0.05, 0) is 18.3 Å². The van der Waals surface area contributed by atoms with Crippen molar-refractivity contribution in [3.63, 3.8) is 0 Å². The van der Waals surface area contributed by atoms with Gasteiger partial charge in [-0.25, -0.2) is 0 Å². The van der Waals surface area contributed by atoms with Gasteiger partial charge in [-0.3, -0.25) is 0 Å². The second-order valence-electron chi connectivity index (χ2n) is 4.87. The molecule has 0 aromatic carbocycles. The van der Waals surface area contributed by atoms with E-state index in [1.807, 2.05) is 0 Å². The van der Waals surface area contributed by atoms with Gasteiger partial charge in [-0.15, -0.1) is 0 Å². The van der Waals surface area contributed by atoms with Gasteiger partial charge in [-0.1, -0.05) is 46.0 Å². The van der Waals surface area contributed by atoms with E-state index in [0.717, 1.165) is 13.0 Å². The Labute approximate surface area is 94.0 Å². The largest absolute Gasteiger partial charge is 0.394 e. The molecule has 1 N–H and O–H groups in total. The lowest BCUT2D eigenvalue weighted by atomic mass is 9.85. The summed E-state index contributed by atoms with van der Waals surface area (Å²) < 4.78 is 5.51. The van der Waals surface area contributed by atoms with Gasteiger partial charge in [-0.2, -0.15) is 0 Å². The predicted octanol–water partition coefficient (Wildman–Crippen LogP) is 2.99. The Hall–Kier alpha value is -0.0800. The Kier molecular flexibility index (Phi) is 6.26. The maximum Gasteiger partial charge on any atom is 0.0837 e. The molecule has 1 rings (SSSR count). The van der Waals surface area contributed by atoms with Crippen LogP contribution in [0.3, 0.4) is 0 Å². The van der Waals surface area contributed by atoms with E-state index in [4.69, 9.17) is 9.84 Å². The molecule has 0 aromatic rings. The van der Waals surface area contributed by atoms with E-state index in [1.165, 1.54) is 32.1 Å². The molecule has 1 aliphatic rings. The van der Waals surface area contributed by atoms with Crippen LogP contribution >= 0.6 is 0 Å². The second kappa shape index (κ2) is 7.24. The Morgan fingerprint density at radius 2 is 2.13 bits per heavy atom. The first-order chi connectivity index (χ1) is 7.29. The third-order valence-electron chi connectivity index (χ3n) is 3.68. The van der Waals surface area contributed by atoms with E-state index in [-0.39, 0.29) is 12.7 Å². The number of hydrogen-bond acceptors (Lipinski definition) is 2. The maximum atomic E-state index is 9.17. The van der Waals surface area contributed by atoms with Crippen LogP contribution in [0, 0.1) is 11.8 Å². The van der Waals surface area contributed by atoms with Crippen LogP contribution in [0.25, 0.3) is 0 Å². The first-order valence-corrected chi connectivity index (χ1v) is 6.52. The Morgan fingerprint density at radius 1 is 1.33 bits per heavy atom. The molecule has 3 unspecified atom stereocenters. The summed E-state index contributed by atoms with van der Waals surface area (Å²) in [6.07, 6.45) is 7.91. The van der Waals surface area contributed by atoms with Gasteiger partial charge >= 0.3 is 0 Å². The third-order valence-corrected chi connectivity index (χ3v) is 3.68. The van der Waals surface area contributed by atoms with Crippen molar-refractivity contribution in [3.05, 3.63) is 0 Å². The number of hydrogen-bond donors (Lipinski definition) is 1. The standard InChI is InChI=1S/C13H26O2/c1-3-4-5-6-7-11(2)12-8-9-15-13(12)10-14/h11-14H,3-10H2,1-2H3. The van der Waals surface area contributed by atoms with Crippen LogP contribution in [0.4, 0.5) is 0 Å². The zero-order valence-corrected chi connectivity index (χ0v) is 10.2. The molecule has 3 atom stereocenters. The molecule has 0 spiro atoms. The Balaban J connectivity index is 2.17. The monoisotopic (exact) mass is 214 g/mol. The molecular weight excluding hydrogens is 188 g/mol. The van der Waals surface area contributed by atoms with Gasteiger partial charge in [0, 0.05) is 6.61 Å². The lowest BCUT2D eigenvalue weighted by molar-refractivity contribution is 0.0278. The van der Waals surface area contributed by atoms with Crippen LogP contribution in [0.15, 0.2) is 0 Å². The van der Waals surface area contributed by atoms with Crippen molar-refractivity contribution in [2.75, 3.05) is 13.2 Å². The molecule has 2 heteroatoms. The minimum absolute atomic E-state index is 0.117. The van der Waals surface area contributed by atoms with Gasteiger partial charge in [0.25, 0.3) is 0 Å². The highest BCUT2D eigenvalue weighted by atomic mass is 16.5. The van der Waals surface area contributed by atoms with Gasteiger partial charge in [0.15, 0.2) is 0 Å². The van der Waals surface area contributed by atoms with Crippen LogP contribution in [0.5, 0.6) is 0 Å². The zero-order chi connectivity index (χ0) is 11.1. The van der Waals surface area contributed by atoms with E-state index in [1.54, 1.807) is 0 Å². The Bertz CT molecular complexity index is 159. The lowest BCUT2D eigenvalue weighted by Gasteiger charge is -2.23. The lowest BCUT2D eigenvalue weighted by Crippen LogP contribution is -2.25. The SMILES string of the molecule is CCCCCCC(C)C1CCOC1CO. The third kappa shape index (κ3) is 4.12. The fourth-order valence-electron chi connectivity index (χ4n) is 2.61. The molecule has 0 aliphatic carbocycles. The maximum absolute atomic E-state index is 9.17. The number of rotatable bonds is 7. The molecule has 0 amide bonds. The van der Waals surface area contributed by atoms with Crippen LogP contribution < -0.4 is 0 Å². The molecule has 0 aromatic heterocycles. The van der Waals surface area contributed by atoms with Crippen molar-refractivity contribution in [1.29, 1.82) is 0 Å². The summed E-state index contributed by atoms with van der Waals surface area (Å²) in [7, 11) is 0. The van der Waals surface area contributed by atoms with Crippen molar-refractivity contribution in [2.24, 2.45) is 11.8 Å². The minimum Gasteiger partial charge on any atom is -0.394 e. The molecule has 1 saturated heterocycles. The predicted molar refractivity (Wildman–Crippen MR) is 62.9 cm³/mol. The topological polar surface area (TPSA) is 29.5 Å². The van der Waals surface area contributed by atoms with Crippen molar-refractivity contribution in [1.82, 2.24) is 0 Å². The average Bonchev–Trinajstić information content (AvgIpc) is 2.72. The molecule has 15 heavy (non-hydrogen) atoms.